The number of para-hydroxylation sites is 1. The van der Waals surface area contributed by atoms with Gasteiger partial charge in [-0.25, -0.2) is 0 Å². The van der Waals surface area contributed by atoms with Crippen LogP contribution in [-0.2, 0) is 0 Å². The van der Waals surface area contributed by atoms with Crippen molar-refractivity contribution in [3.8, 4) is 5.75 Å². The zero-order chi connectivity index (χ0) is 12.3. The molecule has 94 valence electrons. The number of aliphatic hydroxyl groups excluding tert-OH is 1. The van der Waals surface area contributed by atoms with Crippen molar-refractivity contribution in [2.75, 3.05) is 19.5 Å². The number of ether oxygens (including phenoxy) is 1. The van der Waals surface area contributed by atoms with Gasteiger partial charge in [-0.05, 0) is 30.9 Å². The monoisotopic (exact) mass is 253 g/mol. The fourth-order valence-electron chi connectivity index (χ4n) is 1.90. The van der Waals surface area contributed by atoms with E-state index in [1.807, 2.05) is 24.3 Å². The van der Waals surface area contributed by atoms with Crippen molar-refractivity contribution in [2.45, 2.75) is 23.3 Å². The maximum Gasteiger partial charge on any atom is 0.132 e. The molecule has 1 aromatic carbocycles. The molecular formula is C13H19NO2S. The highest BCUT2D eigenvalue weighted by molar-refractivity contribution is 7.99. The van der Waals surface area contributed by atoms with E-state index in [2.05, 4.69) is 0 Å². The van der Waals surface area contributed by atoms with Crippen molar-refractivity contribution in [1.82, 2.24) is 0 Å². The molecule has 1 fully saturated rings. The van der Waals surface area contributed by atoms with Gasteiger partial charge in [0.1, 0.15) is 5.75 Å². The van der Waals surface area contributed by atoms with Crippen LogP contribution >= 0.6 is 11.8 Å². The highest BCUT2D eigenvalue weighted by Crippen LogP contribution is 2.41. The first-order chi connectivity index (χ1) is 8.19. The molecule has 0 saturated heterocycles. The van der Waals surface area contributed by atoms with Crippen LogP contribution in [0.15, 0.2) is 29.2 Å². The first-order valence-corrected chi connectivity index (χ1v) is 6.84. The van der Waals surface area contributed by atoms with Crippen LogP contribution in [0.25, 0.3) is 0 Å². The minimum Gasteiger partial charge on any atom is -0.496 e. The van der Waals surface area contributed by atoms with Crippen LogP contribution in [0.1, 0.15) is 12.8 Å². The predicted octanol–water partition coefficient (Wildman–Crippen LogP) is 1.89. The SMILES string of the molecule is COc1ccccc1SCC(N)(CO)C1CC1. The number of hydrogen-bond acceptors (Lipinski definition) is 4. The zero-order valence-electron chi connectivity index (χ0n) is 10.1. The summed E-state index contributed by atoms with van der Waals surface area (Å²) >= 11 is 1.66. The van der Waals surface area contributed by atoms with Crippen LogP contribution in [-0.4, -0.2) is 30.1 Å². The Morgan fingerprint density at radius 3 is 2.76 bits per heavy atom. The smallest absolute Gasteiger partial charge is 0.132 e. The molecule has 0 radical (unpaired) electrons. The lowest BCUT2D eigenvalue weighted by molar-refractivity contribution is 0.194. The lowest BCUT2D eigenvalue weighted by atomic mass is 9.99. The molecule has 0 heterocycles. The zero-order valence-corrected chi connectivity index (χ0v) is 10.9. The molecule has 1 atom stereocenters. The number of nitrogens with two attached hydrogens (primary N) is 1. The fraction of sp³-hybridized carbons (Fsp3) is 0.538. The number of aliphatic hydroxyl groups is 1. The number of rotatable bonds is 6. The highest BCUT2D eigenvalue weighted by Gasteiger charge is 2.41. The maximum atomic E-state index is 9.43. The molecule has 3 N–H and O–H groups in total. The van der Waals surface area contributed by atoms with Crippen molar-refractivity contribution in [2.24, 2.45) is 11.7 Å². The Labute approximate surface area is 106 Å². The van der Waals surface area contributed by atoms with Crippen LogP contribution in [0.3, 0.4) is 0 Å². The van der Waals surface area contributed by atoms with Crippen LogP contribution < -0.4 is 10.5 Å². The quantitative estimate of drug-likeness (QED) is 0.760. The Kier molecular flexibility index (Phi) is 3.97. The van der Waals surface area contributed by atoms with E-state index in [0.717, 1.165) is 29.2 Å². The summed E-state index contributed by atoms with van der Waals surface area (Å²) < 4.78 is 5.30. The standard InChI is InChI=1S/C13H19NO2S/c1-16-11-4-2-3-5-12(11)17-9-13(14,8-15)10-6-7-10/h2-5,10,15H,6-9,14H2,1H3. The Morgan fingerprint density at radius 1 is 1.47 bits per heavy atom. The summed E-state index contributed by atoms with van der Waals surface area (Å²) in [4.78, 5) is 1.08. The third-order valence-electron chi connectivity index (χ3n) is 3.25. The van der Waals surface area contributed by atoms with Gasteiger partial charge in [0.25, 0.3) is 0 Å². The molecule has 0 bridgehead atoms. The van der Waals surface area contributed by atoms with E-state index in [-0.39, 0.29) is 6.61 Å². The first-order valence-electron chi connectivity index (χ1n) is 5.85. The minimum absolute atomic E-state index is 0.0554. The molecule has 17 heavy (non-hydrogen) atoms. The van der Waals surface area contributed by atoms with Crippen LogP contribution in [0, 0.1) is 5.92 Å². The molecular weight excluding hydrogens is 234 g/mol. The van der Waals surface area contributed by atoms with Crippen molar-refractivity contribution < 1.29 is 9.84 Å². The minimum atomic E-state index is -0.439. The van der Waals surface area contributed by atoms with Gasteiger partial charge in [0.2, 0.25) is 0 Å². The third-order valence-corrected chi connectivity index (χ3v) is 4.58. The number of hydrogen-bond donors (Lipinski definition) is 2. The van der Waals surface area contributed by atoms with Crippen molar-refractivity contribution in [3.05, 3.63) is 24.3 Å². The molecule has 0 aliphatic heterocycles. The van der Waals surface area contributed by atoms with E-state index in [1.54, 1.807) is 18.9 Å². The van der Waals surface area contributed by atoms with Crippen LogP contribution in [0.2, 0.25) is 0 Å². The van der Waals surface area contributed by atoms with E-state index >= 15 is 0 Å². The van der Waals surface area contributed by atoms with Gasteiger partial charge in [-0.3, -0.25) is 0 Å². The largest absolute Gasteiger partial charge is 0.496 e. The van der Waals surface area contributed by atoms with Crippen molar-refractivity contribution in [3.63, 3.8) is 0 Å². The van der Waals surface area contributed by atoms with Gasteiger partial charge < -0.3 is 15.6 Å². The fourth-order valence-corrected chi connectivity index (χ4v) is 3.12. The summed E-state index contributed by atoms with van der Waals surface area (Å²) in [6, 6.07) is 7.90. The average Bonchev–Trinajstić information content (AvgIpc) is 3.21. The molecule has 0 aromatic heterocycles. The van der Waals surface area contributed by atoms with Gasteiger partial charge in [-0.2, -0.15) is 0 Å². The van der Waals surface area contributed by atoms with Gasteiger partial charge in [0.05, 0.1) is 19.3 Å². The maximum absolute atomic E-state index is 9.43. The van der Waals surface area contributed by atoms with Gasteiger partial charge in [0, 0.05) is 10.6 Å². The summed E-state index contributed by atoms with van der Waals surface area (Å²) in [6.07, 6.45) is 2.28. The molecule has 0 spiro atoms. The van der Waals surface area contributed by atoms with Crippen molar-refractivity contribution >= 4 is 11.8 Å². The van der Waals surface area contributed by atoms with Crippen LogP contribution in [0.4, 0.5) is 0 Å². The first kappa shape index (κ1) is 12.7. The number of methoxy groups -OCH3 is 1. The highest BCUT2D eigenvalue weighted by atomic mass is 32.2. The third kappa shape index (κ3) is 2.94. The molecule has 1 saturated carbocycles. The van der Waals surface area contributed by atoms with E-state index in [9.17, 15) is 5.11 Å². The van der Waals surface area contributed by atoms with Gasteiger partial charge in [-0.15, -0.1) is 11.8 Å². The molecule has 2 rings (SSSR count). The van der Waals surface area contributed by atoms with Gasteiger partial charge >= 0.3 is 0 Å². The summed E-state index contributed by atoms with van der Waals surface area (Å²) in [5.74, 6) is 2.08. The molecule has 1 aromatic rings. The molecule has 1 aliphatic carbocycles. The molecule has 0 amide bonds. The van der Waals surface area contributed by atoms with Crippen LogP contribution in [0.5, 0.6) is 5.75 Å². The normalized spacial score (nSPS) is 18.8. The Bertz CT molecular complexity index is 381. The summed E-state index contributed by atoms with van der Waals surface area (Å²) in [5.41, 5.74) is 5.79. The molecule has 4 heteroatoms. The van der Waals surface area contributed by atoms with Crippen molar-refractivity contribution in [1.29, 1.82) is 0 Å². The average molecular weight is 253 g/mol. The molecule has 1 unspecified atom stereocenters. The Hall–Kier alpha value is -0.710. The van der Waals surface area contributed by atoms with Gasteiger partial charge in [-0.1, -0.05) is 12.1 Å². The molecule has 1 aliphatic rings. The second-order valence-corrected chi connectivity index (χ2v) is 5.62. The van der Waals surface area contributed by atoms with E-state index in [1.165, 1.54) is 0 Å². The molecule has 3 nitrogen and oxygen atoms in total. The summed E-state index contributed by atoms with van der Waals surface area (Å²) in [5, 5.41) is 9.43. The Balaban J connectivity index is 2.01. The second-order valence-electron chi connectivity index (χ2n) is 4.61. The Morgan fingerprint density at radius 2 is 2.18 bits per heavy atom. The predicted molar refractivity (Wildman–Crippen MR) is 70.4 cm³/mol. The number of thioether (sulfide) groups is 1. The van der Waals surface area contributed by atoms with E-state index in [0.29, 0.717) is 5.92 Å². The second kappa shape index (κ2) is 5.29. The lowest BCUT2D eigenvalue weighted by Crippen LogP contribution is -2.48. The lowest BCUT2D eigenvalue weighted by Gasteiger charge is -2.26. The summed E-state index contributed by atoms with van der Waals surface area (Å²) in [7, 11) is 1.67. The topological polar surface area (TPSA) is 55.5 Å². The van der Waals surface area contributed by atoms with E-state index in [4.69, 9.17) is 10.5 Å². The summed E-state index contributed by atoms with van der Waals surface area (Å²) in [6.45, 7) is 0.0554. The van der Waals surface area contributed by atoms with E-state index < -0.39 is 5.54 Å². The number of benzene rings is 1. The van der Waals surface area contributed by atoms with Gasteiger partial charge in [0.15, 0.2) is 0 Å².